The molecule has 120 valence electrons. The maximum atomic E-state index is 13.2. The summed E-state index contributed by atoms with van der Waals surface area (Å²) in [6.07, 6.45) is 1.67. The van der Waals surface area contributed by atoms with Crippen LogP contribution in [0.4, 0.5) is 10.1 Å². The number of aromatic nitrogens is 3. The number of fused-ring (bicyclic) bond motifs is 1. The molecular formula is C18H15FN4O. The van der Waals surface area contributed by atoms with Gasteiger partial charge in [-0.1, -0.05) is 12.1 Å². The van der Waals surface area contributed by atoms with Gasteiger partial charge in [-0.05, 0) is 36.4 Å². The maximum absolute atomic E-state index is 13.2. The quantitative estimate of drug-likeness (QED) is 0.617. The monoisotopic (exact) mass is 322 g/mol. The molecule has 0 saturated carbocycles. The Morgan fingerprint density at radius 3 is 2.92 bits per heavy atom. The average Bonchev–Trinajstić information content (AvgIpc) is 3.18. The van der Waals surface area contributed by atoms with Gasteiger partial charge < -0.3 is 14.3 Å². The van der Waals surface area contributed by atoms with E-state index in [2.05, 4.69) is 15.5 Å². The number of anilines is 1. The van der Waals surface area contributed by atoms with Crippen LogP contribution in [0, 0.1) is 5.82 Å². The fourth-order valence-electron chi connectivity index (χ4n) is 2.66. The molecule has 0 fully saturated rings. The Bertz CT molecular complexity index is 1010. The lowest BCUT2D eigenvalue weighted by Gasteiger charge is -2.06. The molecule has 0 atom stereocenters. The van der Waals surface area contributed by atoms with Crippen molar-refractivity contribution in [2.75, 3.05) is 5.32 Å². The number of benzene rings is 2. The Morgan fingerprint density at radius 2 is 2.08 bits per heavy atom. The minimum absolute atomic E-state index is 0.265. The van der Waals surface area contributed by atoms with Gasteiger partial charge in [0.1, 0.15) is 23.5 Å². The first kappa shape index (κ1) is 14.4. The van der Waals surface area contributed by atoms with E-state index in [0.717, 1.165) is 28.2 Å². The molecule has 0 unspecified atom stereocenters. The molecule has 0 spiro atoms. The Hall–Kier alpha value is -3.15. The summed E-state index contributed by atoms with van der Waals surface area (Å²) >= 11 is 0. The third kappa shape index (κ3) is 2.74. The van der Waals surface area contributed by atoms with Crippen molar-refractivity contribution in [3.8, 4) is 11.4 Å². The summed E-state index contributed by atoms with van der Waals surface area (Å²) in [5, 5.41) is 12.1. The predicted octanol–water partition coefficient (Wildman–Crippen LogP) is 3.98. The number of rotatable bonds is 4. The molecule has 0 aliphatic carbocycles. The van der Waals surface area contributed by atoms with E-state index in [-0.39, 0.29) is 5.82 Å². The van der Waals surface area contributed by atoms with E-state index in [1.165, 1.54) is 12.1 Å². The van der Waals surface area contributed by atoms with E-state index in [0.29, 0.717) is 12.1 Å². The standard InChI is InChI=1S/C18H15FN4O/c1-23-11-21-22-18(23)12-3-2-4-15(8-12)20-10-16-9-13-7-14(19)5-6-17(13)24-16/h2-9,11,20H,10H2,1H3. The van der Waals surface area contributed by atoms with Gasteiger partial charge >= 0.3 is 0 Å². The van der Waals surface area contributed by atoms with Gasteiger partial charge in [-0.2, -0.15) is 0 Å². The Kier molecular flexibility index (Phi) is 3.49. The molecule has 0 aliphatic heterocycles. The molecule has 4 rings (SSSR count). The van der Waals surface area contributed by atoms with Gasteiger partial charge in [-0.15, -0.1) is 10.2 Å². The minimum Gasteiger partial charge on any atom is -0.459 e. The molecule has 0 saturated heterocycles. The third-order valence-corrected chi connectivity index (χ3v) is 3.83. The fraction of sp³-hybridized carbons (Fsp3) is 0.111. The summed E-state index contributed by atoms with van der Waals surface area (Å²) < 4.78 is 20.8. The zero-order valence-electron chi connectivity index (χ0n) is 13.0. The molecule has 0 amide bonds. The largest absolute Gasteiger partial charge is 0.459 e. The first-order chi connectivity index (χ1) is 11.7. The number of nitrogens with zero attached hydrogens (tertiary/aromatic N) is 3. The summed E-state index contributed by atoms with van der Waals surface area (Å²) in [5.74, 6) is 1.29. The number of aryl methyl sites for hydroxylation is 1. The number of halogens is 1. The van der Waals surface area contributed by atoms with E-state index in [1.54, 1.807) is 12.4 Å². The SMILES string of the molecule is Cn1cnnc1-c1cccc(NCc2cc3cc(F)ccc3o2)c1. The van der Waals surface area contributed by atoms with Gasteiger partial charge in [0.2, 0.25) is 0 Å². The number of hydrogen-bond acceptors (Lipinski definition) is 4. The minimum atomic E-state index is -0.265. The second kappa shape index (κ2) is 5.81. The van der Waals surface area contributed by atoms with Gasteiger partial charge in [-0.25, -0.2) is 4.39 Å². The third-order valence-electron chi connectivity index (χ3n) is 3.83. The van der Waals surface area contributed by atoms with E-state index in [1.807, 2.05) is 41.9 Å². The number of furan rings is 1. The highest BCUT2D eigenvalue weighted by molar-refractivity contribution is 5.78. The van der Waals surface area contributed by atoms with Crippen molar-refractivity contribution in [3.63, 3.8) is 0 Å². The van der Waals surface area contributed by atoms with Crippen LogP contribution in [-0.2, 0) is 13.6 Å². The van der Waals surface area contributed by atoms with Crippen LogP contribution in [-0.4, -0.2) is 14.8 Å². The maximum Gasteiger partial charge on any atom is 0.163 e. The molecule has 4 aromatic rings. The lowest BCUT2D eigenvalue weighted by atomic mass is 10.2. The van der Waals surface area contributed by atoms with E-state index >= 15 is 0 Å². The van der Waals surface area contributed by atoms with Crippen LogP contribution >= 0.6 is 0 Å². The number of hydrogen-bond donors (Lipinski definition) is 1. The first-order valence-corrected chi connectivity index (χ1v) is 7.55. The molecule has 2 heterocycles. The van der Waals surface area contributed by atoms with Crippen LogP contribution in [0.15, 0.2) is 59.3 Å². The fourth-order valence-corrected chi connectivity index (χ4v) is 2.66. The average molecular weight is 322 g/mol. The van der Waals surface area contributed by atoms with Crippen molar-refractivity contribution in [1.29, 1.82) is 0 Å². The summed E-state index contributed by atoms with van der Waals surface area (Å²) in [6.45, 7) is 0.512. The molecule has 0 aliphatic rings. The van der Waals surface area contributed by atoms with E-state index in [9.17, 15) is 4.39 Å². The summed E-state index contributed by atoms with van der Waals surface area (Å²) in [7, 11) is 1.91. The highest BCUT2D eigenvalue weighted by Gasteiger charge is 2.07. The van der Waals surface area contributed by atoms with Crippen LogP contribution in [0.5, 0.6) is 0 Å². The van der Waals surface area contributed by atoms with E-state index in [4.69, 9.17) is 4.42 Å². The van der Waals surface area contributed by atoms with Crippen molar-refractivity contribution in [2.45, 2.75) is 6.54 Å². The number of nitrogens with one attached hydrogen (secondary N) is 1. The lowest BCUT2D eigenvalue weighted by molar-refractivity contribution is 0.558. The molecule has 2 aromatic heterocycles. The summed E-state index contributed by atoms with van der Waals surface area (Å²) in [4.78, 5) is 0. The van der Waals surface area contributed by atoms with Crippen molar-refractivity contribution >= 4 is 16.7 Å². The zero-order chi connectivity index (χ0) is 16.5. The van der Waals surface area contributed by atoms with Crippen molar-refractivity contribution in [2.24, 2.45) is 7.05 Å². The van der Waals surface area contributed by atoms with Gasteiger partial charge in [0.25, 0.3) is 0 Å². The van der Waals surface area contributed by atoms with Crippen LogP contribution in [0.2, 0.25) is 0 Å². The van der Waals surface area contributed by atoms with Crippen molar-refractivity contribution in [1.82, 2.24) is 14.8 Å². The Labute approximate surface area is 137 Å². The van der Waals surface area contributed by atoms with E-state index < -0.39 is 0 Å². The highest BCUT2D eigenvalue weighted by Crippen LogP contribution is 2.23. The molecule has 0 bridgehead atoms. The first-order valence-electron chi connectivity index (χ1n) is 7.55. The smallest absolute Gasteiger partial charge is 0.163 e. The Morgan fingerprint density at radius 1 is 1.17 bits per heavy atom. The zero-order valence-corrected chi connectivity index (χ0v) is 13.0. The topological polar surface area (TPSA) is 55.9 Å². The lowest BCUT2D eigenvalue weighted by Crippen LogP contribution is -1.99. The molecule has 2 aromatic carbocycles. The van der Waals surface area contributed by atoms with Gasteiger partial charge in [-0.3, -0.25) is 0 Å². The molecular weight excluding hydrogens is 307 g/mol. The Balaban J connectivity index is 1.54. The molecule has 1 N–H and O–H groups in total. The van der Waals surface area contributed by atoms with Crippen molar-refractivity contribution < 1.29 is 8.81 Å². The van der Waals surface area contributed by atoms with Crippen molar-refractivity contribution in [3.05, 3.63) is 66.4 Å². The van der Waals surface area contributed by atoms with Gasteiger partial charge in [0, 0.05) is 23.7 Å². The van der Waals surface area contributed by atoms with Crippen LogP contribution in [0.1, 0.15) is 5.76 Å². The molecule has 0 radical (unpaired) electrons. The normalized spacial score (nSPS) is 11.1. The molecule has 24 heavy (non-hydrogen) atoms. The summed E-state index contributed by atoms with van der Waals surface area (Å²) in [6, 6.07) is 14.3. The molecule has 5 nitrogen and oxygen atoms in total. The van der Waals surface area contributed by atoms with Gasteiger partial charge in [0.15, 0.2) is 5.82 Å². The van der Waals surface area contributed by atoms with Crippen LogP contribution in [0.3, 0.4) is 0 Å². The van der Waals surface area contributed by atoms with Gasteiger partial charge in [0.05, 0.1) is 6.54 Å². The van der Waals surface area contributed by atoms with Crippen LogP contribution < -0.4 is 5.32 Å². The highest BCUT2D eigenvalue weighted by atomic mass is 19.1. The summed E-state index contributed by atoms with van der Waals surface area (Å²) in [5.41, 5.74) is 2.61. The van der Waals surface area contributed by atoms with Crippen LogP contribution in [0.25, 0.3) is 22.4 Å². The second-order valence-corrected chi connectivity index (χ2v) is 5.59. The predicted molar refractivity (Wildman–Crippen MR) is 89.9 cm³/mol. The molecule has 6 heteroatoms. The second-order valence-electron chi connectivity index (χ2n) is 5.59.